The van der Waals surface area contributed by atoms with Crippen LogP contribution in [0, 0.1) is 16.7 Å². The molecule has 0 aliphatic rings. The van der Waals surface area contributed by atoms with Crippen molar-refractivity contribution in [3.05, 3.63) is 23.8 Å². The van der Waals surface area contributed by atoms with Gasteiger partial charge >= 0.3 is 0 Å². The molecule has 92 valence electrons. The number of benzene rings is 1. The van der Waals surface area contributed by atoms with E-state index in [-0.39, 0.29) is 5.41 Å². The summed E-state index contributed by atoms with van der Waals surface area (Å²) in [7, 11) is 1.55. The molecular weight excluding hydrogens is 216 g/mol. The second-order valence-corrected chi connectivity index (χ2v) is 4.61. The number of hydrogen-bond acceptors (Lipinski definition) is 4. The molecule has 1 rings (SSSR count). The Hall–Kier alpha value is -1.73. The van der Waals surface area contributed by atoms with Gasteiger partial charge in [0.25, 0.3) is 0 Å². The standard InChI is InChI=1S/C13H18N2O2/c1-13(2,8-15)9-17-12-10(7-14)5-4-6-11(12)16-3/h4-6H,8-9,15H2,1-3H3. The van der Waals surface area contributed by atoms with Crippen LogP contribution in [0.3, 0.4) is 0 Å². The summed E-state index contributed by atoms with van der Waals surface area (Å²) in [6, 6.07) is 7.32. The molecule has 0 heterocycles. The number of nitriles is 1. The molecule has 0 aromatic heterocycles. The van der Waals surface area contributed by atoms with E-state index >= 15 is 0 Å². The molecule has 0 bridgehead atoms. The van der Waals surface area contributed by atoms with Crippen LogP contribution in [0.15, 0.2) is 18.2 Å². The van der Waals surface area contributed by atoms with Gasteiger partial charge in [0.1, 0.15) is 6.07 Å². The van der Waals surface area contributed by atoms with E-state index < -0.39 is 0 Å². The summed E-state index contributed by atoms with van der Waals surface area (Å²) >= 11 is 0. The first-order valence-electron chi connectivity index (χ1n) is 5.44. The molecule has 17 heavy (non-hydrogen) atoms. The second kappa shape index (κ2) is 5.55. The largest absolute Gasteiger partial charge is 0.493 e. The van der Waals surface area contributed by atoms with Crippen LogP contribution in [-0.4, -0.2) is 20.3 Å². The van der Waals surface area contributed by atoms with E-state index in [0.717, 1.165) is 0 Å². The average molecular weight is 234 g/mol. The maximum atomic E-state index is 9.01. The highest BCUT2D eigenvalue weighted by atomic mass is 16.5. The lowest BCUT2D eigenvalue weighted by Gasteiger charge is -2.23. The first-order valence-corrected chi connectivity index (χ1v) is 5.44. The van der Waals surface area contributed by atoms with Gasteiger partial charge in [-0.05, 0) is 12.1 Å². The van der Waals surface area contributed by atoms with Gasteiger partial charge in [-0.2, -0.15) is 5.26 Å². The van der Waals surface area contributed by atoms with Crippen molar-refractivity contribution in [2.45, 2.75) is 13.8 Å². The first kappa shape index (κ1) is 13.3. The SMILES string of the molecule is COc1cccc(C#N)c1OCC(C)(C)CN. The molecule has 0 spiro atoms. The maximum absolute atomic E-state index is 9.01. The predicted octanol–water partition coefficient (Wildman–Crippen LogP) is 1.93. The van der Waals surface area contributed by atoms with E-state index in [2.05, 4.69) is 6.07 Å². The van der Waals surface area contributed by atoms with Crippen LogP contribution < -0.4 is 15.2 Å². The Bertz CT molecular complexity index is 422. The minimum atomic E-state index is -0.131. The van der Waals surface area contributed by atoms with Gasteiger partial charge in [-0.25, -0.2) is 0 Å². The molecule has 0 aliphatic carbocycles. The maximum Gasteiger partial charge on any atom is 0.178 e. The Morgan fingerprint density at radius 3 is 2.65 bits per heavy atom. The third-order valence-corrected chi connectivity index (χ3v) is 2.48. The number of hydrogen-bond donors (Lipinski definition) is 1. The summed E-state index contributed by atoms with van der Waals surface area (Å²) in [6.45, 7) is 4.98. The topological polar surface area (TPSA) is 68.3 Å². The summed E-state index contributed by atoms with van der Waals surface area (Å²) in [4.78, 5) is 0. The van der Waals surface area contributed by atoms with Crippen LogP contribution in [-0.2, 0) is 0 Å². The summed E-state index contributed by atoms with van der Waals surface area (Å²) in [5.41, 5.74) is 5.97. The molecule has 0 radical (unpaired) electrons. The van der Waals surface area contributed by atoms with Crippen molar-refractivity contribution in [1.29, 1.82) is 5.26 Å². The highest BCUT2D eigenvalue weighted by Crippen LogP contribution is 2.31. The van der Waals surface area contributed by atoms with Gasteiger partial charge in [-0.15, -0.1) is 0 Å². The molecule has 1 aromatic rings. The van der Waals surface area contributed by atoms with Crippen molar-refractivity contribution in [2.24, 2.45) is 11.1 Å². The quantitative estimate of drug-likeness (QED) is 0.845. The Labute approximate surface area is 102 Å². The zero-order valence-electron chi connectivity index (χ0n) is 10.5. The van der Waals surface area contributed by atoms with Gasteiger partial charge in [0.2, 0.25) is 0 Å². The molecule has 0 amide bonds. The number of rotatable bonds is 5. The molecule has 4 nitrogen and oxygen atoms in total. The van der Waals surface area contributed by atoms with E-state index in [1.165, 1.54) is 0 Å². The van der Waals surface area contributed by atoms with Gasteiger partial charge < -0.3 is 15.2 Å². The molecule has 2 N–H and O–H groups in total. The highest BCUT2D eigenvalue weighted by Gasteiger charge is 2.19. The molecule has 0 saturated carbocycles. The zero-order chi connectivity index (χ0) is 12.9. The van der Waals surface area contributed by atoms with Crippen molar-refractivity contribution in [1.82, 2.24) is 0 Å². The van der Waals surface area contributed by atoms with Crippen LogP contribution in [0.1, 0.15) is 19.4 Å². The zero-order valence-corrected chi connectivity index (χ0v) is 10.5. The van der Waals surface area contributed by atoms with Crippen molar-refractivity contribution >= 4 is 0 Å². The van der Waals surface area contributed by atoms with Gasteiger partial charge in [0, 0.05) is 12.0 Å². The number of nitrogens with zero attached hydrogens (tertiary/aromatic N) is 1. The minimum absolute atomic E-state index is 0.131. The van der Waals surface area contributed by atoms with Crippen molar-refractivity contribution in [2.75, 3.05) is 20.3 Å². The van der Waals surface area contributed by atoms with Crippen LogP contribution in [0.4, 0.5) is 0 Å². The number of methoxy groups -OCH3 is 1. The van der Waals surface area contributed by atoms with Crippen LogP contribution in [0.25, 0.3) is 0 Å². The molecule has 0 unspecified atom stereocenters. The van der Waals surface area contributed by atoms with Gasteiger partial charge in [-0.3, -0.25) is 0 Å². The Balaban J connectivity index is 2.93. The summed E-state index contributed by atoms with van der Waals surface area (Å²) in [5.74, 6) is 1.05. The van der Waals surface area contributed by atoms with E-state index in [4.69, 9.17) is 20.5 Å². The van der Waals surface area contributed by atoms with Crippen molar-refractivity contribution in [3.8, 4) is 17.6 Å². The third-order valence-electron chi connectivity index (χ3n) is 2.48. The smallest absolute Gasteiger partial charge is 0.178 e. The fourth-order valence-corrected chi connectivity index (χ4v) is 1.24. The van der Waals surface area contributed by atoms with Crippen molar-refractivity contribution in [3.63, 3.8) is 0 Å². The normalized spacial score (nSPS) is 10.8. The third kappa shape index (κ3) is 3.36. The number of nitrogens with two attached hydrogens (primary N) is 1. The van der Waals surface area contributed by atoms with Crippen LogP contribution in [0.2, 0.25) is 0 Å². The van der Waals surface area contributed by atoms with E-state index in [1.807, 2.05) is 13.8 Å². The van der Waals surface area contributed by atoms with Crippen LogP contribution in [0.5, 0.6) is 11.5 Å². The van der Waals surface area contributed by atoms with Gasteiger partial charge in [0.05, 0.1) is 19.3 Å². The molecule has 0 atom stereocenters. The molecule has 1 aromatic carbocycles. The number of ether oxygens (including phenoxy) is 2. The summed E-state index contributed by atoms with van der Waals surface area (Å²) in [6.07, 6.45) is 0. The molecular formula is C13H18N2O2. The first-order chi connectivity index (χ1) is 8.04. The molecule has 4 heteroatoms. The summed E-state index contributed by atoms with van der Waals surface area (Å²) in [5, 5.41) is 9.01. The lowest BCUT2D eigenvalue weighted by atomic mass is 9.95. The highest BCUT2D eigenvalue weighted by molar-refractivity contribution is 5.52. The fraction of sp³-hybridized carbons (Fsp3) is 0.462. The molecule has 0 aliphatic heterocycles. The average Bonchev–Trinajstić information content (AvgIpc) is 2.35. The van der Waals surface area contributed by atoms with Gasteiger partial charge in [-0.1, -0.05) is 19.9 Å². The summed E-state index contributed by atoms with van der Waals surface area (Å²) < 4.78 is 10.9. The minimum Gasteiger partial charge on any atom is -0.493 e. The van der Waals surface area contributed by atoms with E-state index in [0.29, 0.717) is 30.2 Å². The second-order valence-electron chi connectivity index (χ2n) is 4.61. The lowest BCUT2D eigenvalue weighted by molar-refractivity contribution is 0.181. The Morgan fingerprint density at radius 2 is 2.12 bits per heavy atom. The Kier molecular flexibility index (Phi) is 4.36. The van der Waals surface area contributed by atoms with Crippen molar-refractivity contribution < 1.29 is 9.47 Å². The molecule has 0 saturated heterocycles. The predicted molar refractivity (Wildman–Crippen MR) is 66.0 cm³/mol. The Morgan fingerprint density at radius 1 is 1.41 bits per heavy atom. The lowest BCUT2D eigenvalue weighted by Crippen LogP contribution is -2.30. The monoisotopic (exact) mass is 234 g/mol. The van der Waals surface area contributed by atoms with Crippen LogP contribution >= 0.6 is 0 Å². The van der Waals surface area contributed by atoms with Gasteiger partial charge in [0.15, 0.2) is 11.5 Å². The van der Waals surface area contributed by atoms with E-state index in [1.54, 1.807) is 25.3 Å². The molecule has 0 fully saturated rings. The number of para-hydroxylation sites is 1. The van der Waals surface area contributed by atoms with E-state index in [9.17, 15) is 0 Å². The fourth-order valence-electron chi connectivity index (χ4n) is 1.24.